The molecule has 1 saturated heterocycles. The number of amides is 1. The van der Waals surface area contributed by atoms with Crippen molar-refractivity contribution < 1.29 is 19.4 Å². The monoisotopic (exact) mass is 400 g/mol. The standard InChI is InChI=1S/C24H20N2O4/c1-30-19-9-7-18(8-10-19)22(27)20-21(17-5-3-2-4-6-17)26(24(29)23(20)28)15-16-11-13-25-14-12-16/h2-14,21,27H,15H2,1H3. The molecule has 3 aromatic rings. The fourth-order valence-electron chi connectivity index (χ4n) is 3.61. The summed E-state index contributed by atoms with van der Waals surface area (Å²) in [4.78, 5) is 31.4. The van der Waals surface area contributed by atoms with Gasteiger partial charge in [-0.25, -0.2) is 0 Å². The highest BCUT2D eigenvalue weighted by atomic mass is 16.5. The van der Waals surface area contributed by atoms with Gasteiger partial charge in [-0.05, 0) is 47.5 Å². The van der Waals surface area contributed by atoms with Crippen molar-refractivity contribution in [1.82, 2.24) is 9.88 Å². The molecule has 1 fully saturated rings. The molecule has 150 valence electrons. The molecule has 0 spiro atoms. The molecule has 1 N–H and O–H groups in total. The summed E-state index contributed by atoms with van der Waals surface area (Å²) in [6.45, 7) is 0.228. The van der Waals surface area contributed by atoms with E-state index in [1.54, 1.807) is 55.9 Å². The van der Waals surface area contributed by atoms with Gasteiger partial charge in [0, 0.05) is 24.5 Å². The van der Waals surface area contributed by atoms with E-state index in [0.29, 0.717) is 11.3 Å². The number of aromatic nitrogens is 1. The molecule has 1 atom stereocenters. The van der Waals surface area contributed by atoms with Crippen LogP contribution in [0, 0.1) is 0 Å². The van der Waals surface area contributed by atoms with Crippen LogP contribution in [0.5, 0.6) is 5.75 Å². The summed E-state index contributed by atoms with van der Waals surface area (Å²) in [6, 6.07) is 18.8. The van der Waals surface area contributed by atoms with Gasteiger partial charge in [0.05, 0.1) is 18.7 Å². The Bertz CT molecular complexity index is 1090. The maximum absolute atomic E-state index is 13.0. The molecule has 0 aliphatic carbocycles. The summed E-state index contributed by atoms with van der Waals surface area (Å²) >= 11 is 0. The van der Waals surface area contributed by atoms with Crippen LogP contribution in [0.4, 0.5) is 0 Å². The summed E-state index contributed by atoms with van der Waals surface area (Å²) in [5.74, 6) is -0.923. The molecular weight excluding hydrogens is 380 g/mol. The number of pyridine rings is 1. The average Bonchev–Trinajstić information content (AvgIpc) is 3.05. The summed E-state index contributed by atoms with van der Waals surface area (Å²) < 4.78 is 5.15. The third-order valence-electron chi connectivity index (χ3n) is 5.12. The first-order chi connectivity index (χ1) is 14.6. The second-order valence-corrected chi connectivity index (χ2v) is 6.92. The van der Waals surface area contributed by atoms with E-state index in [1.807, 2.05) is 30.3 Å². The lowest BCUT2D eigenvalue weighted by atomic mass is 9.95. The van der Waals surface area contributed by atoms with Gasteiger partial charge in [0.2, 0.25) is 0 Å². The zero-order valence-electron chi connectivity index (χ0n) is 16.4. The maximum Gasteiger partial charge on any atom is 0.295 e. The predicted molar refractivity (Wildman–Crippen MR) is 112 cm³/mol. The first-order valence-corrected chi connectivity index (χ1v) is 9.47. The fourth-order valence-corrected chi connectivity index (χ4v) is 3.61. The molecule has 1 aliphatic rings. The van der Waals surface area contributed by atoms with Gasteiger partial charge in [-0.1, -0.05) is 30.3 Å². The largest absolute Gasteiger partial charge is 0.507 e. The van der Waals surface area contributed by atoms with Crippen LogP contribution in [-0.2, 0) is 16.1 Å². The third-order valence-corrected chi connectivity index (χ3v) is 5.12. The van der Waals surface area contributed by atoms with E-state index in [9.17, 15) is 14.7 Å². The van der Waals surface area contributed by atoms with Crippen LogP contribution in [0.15, 0.2) is 84.7 Å². The van der Waals surface area contributed by atoms with Crippen molar-refractivity contribution in [2.75, 3.05) is 7.11 Å². The SMILES string of the molecule is COc1ccc(C(O)=C2C(=O)C(=O)N(Cc3ccncc3)C2c2ccccc2)cc1. The number of Topliss-reactive ketones (excluding diaryl/α,β-unsaturated/α-hetero) is 1. The van der Waals surface area contributed by atoms with Gasteiger partial charge < -0.3 is 14.7 Å². The number of rotatable bonds is 5. The van der Waals surface area contributed by atoms with Crippen molar-refractivity contribution in [3.8, 4) is 5.75 Å². The molecule has 1 unspecified atom stereocenters. The Labute approximate surface area is 174 Å². The van der Waals surface area contributed by atoms with Crippen LogP contribution in [0.25, 0.3) is 5.76 Å². The minimum atomic E-state index is -0.703. The normalized spacial score (nSPS) is 17.9. The number of carbonyl (C=O) groups is 2. The second-order valence-electron chi connectivity index (χ2n) is 6.92. The Kier molecular flexibility index (Phi) is 5.30. The minimum absolute atomic E-state index is 0.0745. The lowest BCUT2D eigenvalue weighted by Crippen LogP contribution is -2.29. The second kappa shape index (κ2) is 8.21. The van der Waals surface area contributed by atoms with Crippen molar-refractivity contribution in [3.05, 3.63) is 101 Å². The van der Waals surface area contributed by atoms with E-state index < -0.39 is 17.7 Å². The van der Waals surface area contributed by atoms with Gasteiger partial charge >= 0.3 is 0 Å². The summed E-state index contributed by atoms with van der Waals surface area (Å²) in [6.07, 6.45) is 3.28. The van der Waals surface area contributed by atoms with E-state index in [1.165, 1.54) is 4.90 Å². The van der Waals surface area contributed by atoms with Crippen LogP contribution in [0.1, 0.15) is 22.7 Å². The lowest BCUT2D eigenvalue weighted by molar-refractivity contribution is -0.140. The molecule has 4 rings (SSSR count). The summed E-state index contributed by atoms with van der Waals surface area (Å²) in [7, 11) is 1.55. The van der Waals surface area contributed by atoms with Gasteiger partial charge in [-0.3, -0.25) is 14.6 Å². The number of likely N-dealkylation sites (tertiary alicyclic amines) is 1. The van der Waals surface area contributed by atoms with Crippen LogP contribution in [0.2, 0.25) is 0 Å². The highest BCUT2D eigenvalue weighted by Crippen LogP contribution is 2.40. The number of nitrogens with zero attached hydrogens (tertiary/aromatic N) is 2. The number of ketones is 1. The fraction of sp³-hybridized carbons (Fsp3) is 0.125. The first kappa shape index (κ1) is 19.4. The van der Waals surface area contributed by atoms with Gasteiger partial charge in [0.15, 0.2) is 0 Å². The zero-order valence-corrected chi connectivity index (χ0v) is 16.4. The number of aliphatic hydroxyl groups excluding tert-OH is 1. The van der Waals surface area contributed by atoms with Crippen molar-refractivity contribution in [2.45, 2.75) is 12.6 Å². The Morgan fingerprint density at radius 3 is 2.30 bits per heavy atom. The number of hydrogen-bond acceptors (Lipinski definition) is 5. The topological polar surface area (TPSA) is 79.7 Å². The number of methoxy groups -OCH3 is 1. The maximum atomic E-state index is 13.0. The molecule has 6 heteroatoms. The number of hydrogen-bond donors (Lipinski definition) is 1. The molecule has 2 heterocycles. The van der Waals surface area contributed by atoms with Gasteiger partial charge in [-0.2, -0.15) is 0 Å². The van der Waals surface area contributed by atoms with E-state index in [0.717, 1.165) is 11.1 Å². The van der Waals surface area contributed by atoms with E-state index in [2.05, 4.69) is 4.98 Å². The Morgan fingerprint density at radius 1 is 1.00 bits per heavy atom. The highest BCUT2D eigenvalue weighted by molar-refractivity contribution is 6.46. The number of aliphatic hydroxyl groups is 1. The smallest absolute Gasteiger partial charge is 0.295 e. The molecule has 1 aromatic heterocycles. The molecule has 2 aromatic carbocycles. The van der Waals surface area contributed by atoms with E-state index in [4.69, 9.17) is 4.74 Å². The summed E-state index contributed by atoms with van der Waals surface area (Å²) in [5, 5.41) is 11.0. The molecule has 0 radical (unpaired) electrons. The van der Waals surface area contributed by atoms with Gasteiger partial charge in [0.25, 0.3) is 11.7 Å². The summed E-state index contributed by atoms with van der Waals surface area (Å²) in [5.41, 5.74) is 2.11. The number of benzene rings is 2. The van der Waals surface area contributed by atoms with Crippen molar-refractivity contribution in [1.29, 1.82) is 0 Å². The molecule has 0 saturated carbocycles. The average molecular weight is 400 g/mol. The molecule has 6 nitrogen and oxygen atoms in total. The van der Waals surface area contributed by atoms with E-state index in [-0.39, 0.29) is 17.9 Å². The van der Waals surface area contributed by atoms with Crippen LogP contribution >= 0.6 is 0 Å². The van der Waals surface area contributed by atoms with Crippen LogP contribution in [0.3, 0.4) is 0 Å². The van der Waals surface area contributed by atoms with Crippen molar-refractivity contribution in [2.24, 2.45) is 0 Å². The highest BCUT2D eigenvalue weighted by Gasteiger charge is 2.45. The Hall–Kier alpha value is -3.93. The van der Waals surface area contributed by atoms with Crippen molar-refractivity contribution in [3.63, 3.8) is 0 Å². The molecule has 1 amide bonds. The quantitative estimate of drug-likeness (QED) is 0.401. The number of carbonyl (C=O) groups excluding carboxylic acids is 2. The first-order valence-electron chi connectivity index (χ1n) is 9.47. The van der Waals surface area contributed by atoms with Gasteiger partial charge in [-0.15, -0.1) is 0 Å². The minimum Gasteiger partial charge on any atom is -0.507 e. The molecular formula is C24H20N2O4. The number of ether oxygens (including phenoxy) is 1. The lowest BCUT2D eigenvalue weighted by Gasteiger charge is -2.25. The van der Waals surface area contributed by atoms with Crippen LogP contribution < -0.4 is 4.74 Å². The Morgan fingerprint density at radius 2 is 1.67 bits per heavy atom. The van der Waals surface area contributed by atoms with Crippen LogP contribution in [-0.4, -0.2) is 33.8 Å². The molecule has 30 heavy (non-hydrogen) atoms. The zero-order chi connectivity index (χ0) is 21.1. The molecule has 0 bridgehead atoms. The van der Waals surface area contributed by atoms with Crippen molar-refractivity contribution >= 4 is 17.4 Å². The predicted octanol–water partition coefficient (Wildman–Crippen LogP) is 3.71. The van der Waals surface area contributed by atoms with E-state index >= 15 is 0 Å². The third kappa shape index (κ3) is 3.55. The Balaban J connectivity index is 1.83. The van der Waals surface area contributed by atoms with Gasteiger partial charge in [0.1, 0.15) is 11.5 Å². The molecule has 1 aliphatic heterocycles.